The van der Waals surface area contributed by atoms with Crippen molar-refractivity contribution >= 4 is 34.2 Å². The number of imidazole rings is 1. The largest absolute Gasteiger partial charge is 0.495 e. The summed E-state index contributed by atoms with van der Waals surface area (Å²) in [5.74, 6) is 2.33. The third-order valence-electron chi connectivity index (χ3n) is 5.93. The van der Waals surface area contributed by atoms with Gasteiger partial charge in [-0.05, 0) is 42.5 Å². The molecule has 0 radical (unpaired) electrons. The van der Waals surface area contributed by atoms with Crippen molar-refractivity contribution in [1.82, 2.24) is 9.55 Å². The highest BCUT2D eigenvalue weighted by atomic mass is 35.5. The Kier molecular flexibility index (Phi) is 5.92. The highest BCUT2D eigenvalue weighted by Gasteiger charge is 2.36. The molecule has 1 fully saturated rings. The van der Waals surface area contributed by atoms with Crippen LogP contribution in [0.15, 0.2) is 72.8 Å². The second-order valence-electron chi connectivity index (χ2n) is 7.99. The number of carbonyl (C=O) groups is 1. The molecule has 1 aliphatic heterocycles. The van der Waals surface area contributed by atoms with Crippen molar-refractivity contribution in [3.8, 4) is 11.5 Å². The first-order valence-corrected chi connectivity index (χ1v) is 11.3. The second kappa shape index (κ2) is 9.16. The van der Waals surface area contributed by atoms with Gasteiger partial charge in [-0.1, -0.05) is 41.9 Å². The van der Waals surface area contributed by atoms with Gasteiger partial charge in [-0.15, -0.1) is 0 Å². The summed E-state index contributed by atoms with van der Waals surface area (Å²) in [7, 11) is 1.59. The molecular weight excluding hydrogens is 438 g/mol. The monoisotopic (exact) mass is 461 g/mol. The van der Waals surface area contributed by atoms with Gasteiger partial charge in [-0.25, -0.2) is 4.98 Å². The molecule has 33 heavy (non-hydrogen) atoms. The van der Waals surface area contributed by atoms with E-state index in [1.54, 1.807) is 30.2 Å². The average Bonchev–Trinajstić information content (AvgIpc) is 3.40. The number of halogens is 1. The number of ether oxygens (including phenoxy) is 2. The van der Waals surface area contributed by atoms with Crippen molar-refractivity contribution in [2.75, 3.05) is 25.2 Å². The fourth-order valence-corrected chi connectivity index (χ4v) is 4.57. The third-order valence-corrected chi connectivity index (χ3v) is 6.17. The van der Waals surface area contributed by atoms with Crippen LogP contribution in [0, 0.1) is 0 Å². The maximum absolute atomic E-state index is 13.0. The van der Waals surface area contributed by atoms with Crippen LogP contribution in [0.2, 0.25) is 5.02 Å². The molecule has 6 nitrogen and oxygen atoms in total. The summed E-state index contributed by atoms with van der Waals surface area (Å²) in [6.07, 6.45) is 0.374. The van der Waals surface area contributed by atoms with Crippen molar-refractivity contribution < 1.29 is 14.3 Å². The van der Waals surface area contributed by atoms with Crippen molar-refractivity contribution in [3.05, 3.63) is 83.6 Å². The Morgan fingerprint density at radius 1 is 1.06 bits per heavy atom. The minimum atomic E-state index is -0.0506. The van der Waals surface area contributed by atoms with Crippen molar-refractivity contribution in [2.45, 2.75) is 18.9 Å². The van der Waals surface area contributed by atoms with E-state index >= 15 is 0 Å². The fourth-order valence-electron chi connectivity index (χ4n) is 4.40. The van der Waals surface area contributed by atoms with Gasteiger partial charge >= 0.3 is 0 Å². The lowest BCUT2D eigenvalue weighted by Crippen LogP contribution is -2.25. The molecule has 1 aromatic heterocycles. The number of carbonyl (C=O) groups excluding carboxylic acids is 1. The number of rotatable bonds is 7. The molecule has 0 N–H and O–H groups in total. The molecule has 0 spiro atoms. The molecule has 3 aromatic carbocycles. The number of nitrogens with zero attached hydrogens (tertiary/aromatic N) is 3. The van der Waals surface area contributed by atoms with Crippen LogP contribution in [0.5, 0.6) is 11.5 Å². The average molecular weight is 462 g/mol. The van der Waals surface area contributed by atoms with E-state index in [9.17, 15) is 4.79 Å². The molecular formula is C26H24ClN3O3. The maximum Gasteiger partial charge on any atom is 0.227 e. The van der Waals surface area contributed by atoms with Crippen LogP contribution in [0.25, 0.3) is 11.0 Å². The molecule has 0 aliphatic carbocycles. The van der Waals surface area contributed by atoms with E-state index in [1.165, 1.54) is 0 Å². The number of para-hydroxylation sites is 3. The lowest BCUT2D eigenvalue weighted by atomic mass is 10.1. The molecule has 2 heterocycles. The van der Waals surface area contributed by atoms with Crippen LogP contribution in [-0.4, -0.2) is 35.7 Å². The predicted molar refractivity (Wildman–Crippen MR) is 129 cm³/mol. The van der Waals surface area contributed by atoms with Crippen LogP contribution in [0.3, 0.4) is 0 Å². The van der Waals surface area contributed by atoms with Gasteiger partial charge in [0.25, 0.3) is 0 Å². The molecule has 1 amide bonds. The third kappa shape index (κ3) is 4.26. The van der Waals surface area contributed by atoms with E-state index in [-0.39, 0.29) is 11.8 Å². The Morgan fingerprint density at radius 3 is 2.67 bits per heavy atom. The molecule has 1 saturated heterocycles. The normalized spacial score (nSPS) is 15.9. The number of fused-ring (bicyclic) bond motifs is 1. The summed E-state index contributed by atoms with van der Waals surface area (Å²) in [6, 6.07) is 23.1. The number of methoxy groups -OCH3 is 1. The first-order valence-electron chi connectivity index (χ1n) is 10.9. The van der Waals surface area contributed by atoms with Crippen molar-refractivity contribution in [1.29, 1.82) is 0 Å². The summed E-state index contributed by atoms with van der Waals surface area (Å²) < 4.78 is 13.6. The number of anilines is 1. The molecule has 5 rings (SSSR count). The van der Waals surface area contributed by atoms with Gasteiger partial charge < -0.3 is 18.9 Å². The summed E-state index contributed by atoms with van der Waals surface area (Å²) in [4.78, 5) is 19.7. The molecule has 0 bridgehead atoms. The number of amides is 1. The van der Waals surface area contributed by atoms with Crippen LogP contribution < -0.4 is 14.4 Å². The van der Waals surface area contributed by atoms with Crippen molar-refractivity contribution in [3.63, 3.8) is 0 Å². The number of aromatic nitrogens is 2. The van der Waals surface area contributed by atoms with Gasteiger partial charge in [0.15, 0.2) is 0 Å². The first kappa shape index (κ1) is 21.3. The Hall–Kier alpha value is -3.51. The van der Waals surface area contributed by atoms with Gasteiger partial charge in [-0.2, -0.15) is 0 Å². The Bertz CT molecular complexity index is 1290. The molecule has 1 aliphatic rings. The molecule has 1 atom stereocenters. The van der Waals surface area contributed by atoms with Crippen LogP contribution in [-0.2, 0) is 11.3 Å². The topological polar surface area (TPSA) is 56.6 Å². The van der Waals surface area contributed by atoms with E-state index in [4.69, 9.17) is 26.1 Å². The first-order chi connectivity index (χ1) is 16.1. The summed E-state index contributed by atoms with van der Waals surface area (Å²) in [6.45, 7) is 1.65. The van der Waals surface area contributed by atoms with Crippen LogP contribution in [0.1, 0.15) is 18.2 Å². The lowest BCUT2D eigenvalue weighted by Gasteiger charge is -2.20. The maximum atomic E-state index is 13.0. The van der Waals surface area contributed by atoms with Gasteiger partial charge in [0.1, 0.15) is 23.9 Å². The van der Waals surface area contributed by atoms with Gasteiger partial charge in [-0.3, -0.25) is 4.79 Å². The van der Waals surface area contributed by atoms with E-state index in [1.807, 2.05) is 48.5 Å². The standard InChI is InChI=1S/C26H24ClN3O3/c1-32-24-12-11-19(27)16-23(24)30-17-18(15-25(30)31)26-28-21-9-5-6-10-22(21)29(26)13-14-33-20-7-3-2-4-8-20/h2-12,16,18H,13-15,17H2,1H3/t18-/m0/s1. The summed E-state index contributed by atoms with van der Waals surface area (Å²) in [5.41, 5.74) is 2.64. The summed E-state index contributed by atoms with van der Waals surface area (Å²) in [5, 5.41) is 0.562. The zero-order valence-corrected chi connectivity index (χ0v) is 19.0. The number of hydrogen-bond donors (Lipinski definition) is 0. The molecule has 0 saturated carbocycles. The Morgan fingerprint density at radius 2 is 1.85 bits per heavy atom. The molecule has 0 unspecified atom stereocenters. The van der Waals surface area contributed by atoms with Crippen molar-refractivity contribution in [2.24, 2.45) is 0 Å². The van der Waals surface area contributed by atoms with Gasteiger partial charge in [0, 0.05) is 23.9 Å². The van der Waals surface area contributed by atoms with Gasteiger partial charge in [0.2, 0.25) is 5.91 Å². The molecule has 4 aromatic rings. The van der Waals surface area contributed by atoms with Crippen LogP contribution >= 0.6 is 11.6 Å². The minimum absolute atomic E-state index is 0.0275. The SMILES string of the molecule is COc1ccc(Cl)cc1N1C[C@@H](c2nc3ccccc3n2CCOc2ccccc2)CC1=O. The Balaban J connectivity index is 1.43. The quantitative estimate of drug-likeness (QED) is 0.375. The zero-order valence-electron chi connectivity index (χ0n) is 18.3. The predicted octanol–water partition coefficient (Wildman–Crippen LogP) is 5.30. The van der Waals surface area contributed by atoms with Crippen LogP contribution in [0.4, 0.5) is 5.69 Å². The van der Waals surface area contributed by atoms with E-state index in [0.717, 1.165) is 22.6 Å². The van der Waals surface area contributed by atoms with E-state index in [2.05, 4.69) is 10.6 Å². The lowest BCUT2D eigenvalue weighted by molar-refractivity contribution is -0.117. The molecule has 7 heteroatoms. The van der Waals surface area contributed by atoms with Gasteiger partial charge in [0.05, 0.1) is 30.4 Å². The smallest absolute Gasteiger partial charge is 0.227 e. The second-order valence-corrected chi connectivity index (χ2v) is 8.43. The number of hydrogen-bond acceptors (Lipinski definition) is 4. The number of benzene rings is 3. The van der Waals surface area contributed by atoms with E-state index < -0.39 is 0 Å². The Labute approximate surface area is 197 Å². The highest BCUT2D eigenvalue weighted by Crippen LogP contribution is 2.38. The fraction of sp³-hybridized carbons (Fsp3) is 0.231. The minimum Gasteiger partial charge on any atom is -0.495 e. The zero-order chi connectivity index (χ0) is 22.8. The molecule has 168 valence electrons. The van der Waals surface area contributed by atoms with E-state index in [0.29, 0.717) is 42.6 Å². The summed E-state index contributed by atoms with van der Waals surface area (Å²) >= 11 is 6.22. The highest BCUT2D eigenvalue weighted by molar-refractivity contribution is 6.31.